The van der Waals surface area contributed by atoms with Gasteiger partial charge in [-0.25, -0.2) is 12.8 Å². The number of rotatable bonds is 12. The topological polar surface area (TPSA) is 86.8 Å². The highest BCUT2D eigenvalue weighted by atomic mass is 32.2. The van der Waals surface area contributed by atoms with E-state index in [1.807, 2.05) is 50.2 Å². The van der Waals surface area contributed by atoms with Gasteiger partial charge in [0, 0.05) is 19.5 Å². The number of carbonyl (C=O) groups excluding carboxylic acids is 2. The van der Waals surface area contributed by atoms with E-state index >= 15 is 0 Å². The quantitative estimate of drug-likeness (QED) is 0.361. The zero-order chi connectivity index (χ0) is 28.6. The van der Waals surface area contributed by atoms with Gasteiger partial charge in [0.05, 0.1) is 11.9 Å². The summed E-state index contributed by atoms with van der Waals surface area (Å²) in [5.74, 6) is -1.30. The van der Waals surface area contributed by atoms with Crippen LogP contribution in [0.15, 0.2) is 72.8 Å². The number of amides is 2. The molecule has 0 aliphatic rings. The van der Waals surface area contributed by atoms with E-state index in [1.165, 1.54) is 17.0 Å². The van der Waals surface area contributed by atoms with Gasteiger partial charge in [-0.15, -0.1) is 0 Å². The highest BCUT2D eigenvalue weighted by Crippen LogP contribution is 2.25. The first kappa shape index (κ1) is 29.8. The third kappa shape index (κ3) is 8.38. The van der Waals surface area contributed by atoms with Crippen molar-refractivity contribution in [2.24, 2.45) is 0 Å². The summed E-state index contributed by atoms with van der Waals surface area (Å²) in [7, 11) is -3.84. The lowest BCUT2D eigenvalue weighted by Crippen LogP contribution is -2.53. The smallest absolute Gasteiger partial charge is 0.244 e. The molecule has 0 spiro atoms. The molecule has 7 nitrogen and oxygen atoms in total. The van der Waals surface area contributed by atoms with E-state index in [-0.39, 0.29) is 18.9 Å². The van der Waals surface area contributed by atoms with Gasteiger partial charge in [0.25, 0.3) is 0 Å². The van der Waals surface area contributed by atoms with E-state index in [1.54, 1.807) is 31.2 Å². The van der Waals surface area contributed by atoms with Gasteiger partial charge in [-0.3, -0.25) is 13.9 Å². The van der Waals surface area contributed by atoms with E-state index in [0.29, 0.717) is 29.8 Å². The van der Waals surface area contributed by atoms with Crippen LogP contribution in [0.1, 0.15) is 35.6 Å². The second kappa shape index (κ2) is 13.4. The maximum Gasteiger partial charge on any atom is 0.244 e. The average molecular weight is 554 g/mol. The first-order chi connectivity index (χ1) is 18.5. The Bertz CT molecular complexity index is 1380. The molecule has 0 aliphatic heterocycles. The third-order valence-corrected chi connectivity index (χ3v) is 7.51. The van der Waals surface area contributed by atoms with Gasteiger partial charge in [-0.05, 0) is 55.2 Å². The Morgan fingerprint density at radius 3 is 2.21 bits per heavy atom. The van der Waals surface area contributed by atoms with Gasteiger partial charge in [0.2, 0.25) is 21.8 Å². The summed E-state index contributed by atoms with van der Waals surface area (Å²) < 4.78 is 40.5. The summed E-state index contributed by atoms with van der Waals surface area (Å²) in [5.41, 5.74) is 3.53. The van der Waals surface area contributed by atoms with E-state index in [0.717, 1.165) is 21.7 Å². The number of hydrogen-bond acceptors (Lipinski definition) is 4. The predicted octanol–water partition coefficient (Wildman–Crippen LogP) is 4.37. The normalized spacial score (nSPS) is 12.0. The van der Waals surface area contributed by atoms with Crippen LogP contribution in [0.4, 0.5) is 10.1 Å². The molecule has 0 radical (unpaired) electrons. The van der Waals surface area contributed by atoms with Crippen molar-refractivity contribution < 1.29 is 22.4 Å². The number of nitrogens with one attached hydrogen (secondary N) is 1. The molecule has 1 atom stereocenters. The van der Waals surface area contributed by atoms with Gasteiger partial charge >= 0.3 is 0 Å². The van der Waals surface area contributed by atoms with Crippen LogP contribution in [0.2, 0.25) is 0 Å². The minimum atomic E-state index is -3.84. The van der Waals surface area contributed by atoms with Crippen molar-refractivity contribution in [1.82, 2.24) is 10.2 Å². The molecular formula is C30H36FN3O4S. The molecule has 0 bridgehead atoms. The Labute approximate surface area is 230 Å². The van der Waals surface area contributed by atoms with E-state index in [9.17, 15) is 22.4 Å². The monoisotopic (exact) mass is 553 g/mol. The lowest BCUT2D eigenvalue weighted by molar-refractivity contribution is -0.140. The maximum atomic E-state index is 14.0. The summed E-state index contributed by atoms with van der Waals surface area (Å²) >= 11 is 0. The Balaban J connectivity index is 2.05. The molecule has 39 heavy (non-hydrogen) atoms. The molecule has 0 saturated carbocycles. The largest absolute Gasteiger partial charge is 0.354 e. The molecule has 0 fully saturated rings. The fraction of sp³-hybridized carbons (Fsp3) is 0.333. The van der Waals surface area contributed by atoms with Crippen molar-refractivity contribution in [3.05, 3.63) is 101 Å². The molecule has 9 heteroatoms. The first-order valence-corrected chi connectivity index (χ1v) is 14.7. The lowest BCUT2D eigenvalue weighted by Gasteiger charge is -2.33. The number of sulfonamides is 1. The van der Waals surface area contributed by atoms with Crippen LogP contribution < -0.4 is 9.62 Å². The van der Waals surface area contributed by atoms with Crippen molar-refractivity contribution in [1.29, 1.82) is 0 Å². The molecule has 3 rings (SSSR count). The standard InChI is InChI=1S/C30H36FN3O4S/c1-5-17-32-30(36)28(19-24-9-7-6-8-10-24)33(20-25-12-14-26(31)15-13-25)29(35)21-34(39(4,37)38)27-16-11-22(2)18-23(27)3/h6-16,18,28H,5,17,19-21H2,1-4H3,(H,32,36)/t28-/m0/s1. The molecule has 0 heterocycles. The van der Waals surface area contributed by atoms with E-state index in [2.05, 4.69) is 5.32 Å². The minimum absolute atomic E-state index is 0.000635. The molecule has 3 aromatic rings. The first-order valence-electron chi connectivity index (χ1n) is 12.9. The van der Waals surface area contributed by atoms with Crippen LogP contribution >= 0.6 is 0 Å². The summed E-state index contributed by atoms with van der Waals surface area (Å²) in [5, 5.41) is 2.89. The maximum absolute atomic E-state index is 14.0. The predicted molar refractivity (Wildman–Crippen MR) is 152 cm³/mol. The van der Waals surface area contributed by atoms with Crippen LogP contribution in [0, 0.1) is 19.7 Å². The average Bonchev–Trinajstić information content (AvgIpc) is 2.89. The molecule has 0 unspecified atom stereocenters. The molecule has 0 aromatic heterocycles. The SMILES string of the molecule is CCCNC(=O)[C@H](Cc1ccccc1)N(Cc1ccc(F)cc1)C(=O)CN(c1ccc(C)cc1C)S(C)(=O)=O. The van der Waals surface area contributed by atoms with Gasteiger partial charge in [-0.1, -0.05) is 67.1 Å². The summed E-state index contributed by atoms with van der Waals surface area (Å²) in [6, 6.07) is 19.4. The van der Waals surface area contributed by atoms with Gasteiger partial charge in [0.1, 0.15) is 18.4 Å². The van der Waals surface area contributed by atoms with Crippen LogP contribution in [-0.2, 0) is 32.6 Å². The minimum Gasteiger partial charge on any atom is -0.354 e. The summed E-state index contributed by atoms with van der Waals surface area (Å²) in [6.45, 7) is 5.57. The lowest BCUT2D eigenvalue weighted by atomic mass is 10.0. The van der Waals surface area contributed by atoms with E-state index < -0.39 is 34.3 Å². The fourth-order valence-electron chi connectivity index (χ4n) is 4.39. The van der Waals surface area contributed by atoms with Gasteiger partial charge < -0.3 is 10.2 Å². The molecule has 1 N–H and O–H groups in total. The second-order valence-electron chi connectivity index (χ2n) is 9.70. The number of nitrogens with zero attached hydrogens (tertiary/aromatic N) is 2. The molecular weight excluding hydrogens is 517 g/mol. The van der Waals surface area contributed by atoms with Crippen molar-refractivity contribution >= 4 is 27.5 Å². The second-order valence-corrected chi connectivity index (χ2v) is 11.6. The third-order valence-electron chi connectivity index (χ3n) is 6.39. The number of aryl methyl sites for hydroxylation is 2. The van der Waals surface area contributed by atoms with Crippen LogP contribution in [0.25, 0.3) is 0 Å². The summed E-state index contributed by atoms with van der Waals surface area (Å²) in [6.07, 6.45) is 2.00. The van der Waals surface area contributed by atoms with Crippen molar-refractivity contribution in [3.8, 4) is 0 Å². The Hall–Kier alpha value is -3.72. The molecule has 0 aliphatic carbocycles. The van der Waals surface area contributed by atoms with Crippen molar-refractivity contribution in [2.45, 2.75) is 46.2 Å². The number of carbonyl (C=O) groups is 2. The Morgan fingerprint density at radius 1 is 0.949 bits per heavy atom. The van der Waals surface area contributed by atoms with Crippen LogP contribution in [0.5, 0.6) is 0 Å². The van der Waals surface area contributed by atoms with E-state index in [4.69, 9.17) is 0 Å². The van der Waals surface area contributed by atoms with Crippen molar-refractivity contribution in [2.75, 3.05) is 23.7 Å². The number of halogens is 1. The number of anilines is 1. The van der Waals surface area contributed by atoms with Gasteiger partial charge in [-0.2, -0.15) is 0 Å². The highest BCUT2D eigenvalue weighted by Gasteiger charge is 2.33. The zero-order valence-corrected chi connectivity index (χ0v) is 23.7. The van der Waals surface area contributed by atoms with Crippen molar-refractivity contribution in [3.63, 3.8) is 0 Å². The summed E-state index contributed by atoms with van der Waals surface area (Å²) in [4.78, 5) is 28.8. The Kier molecular flexibility index (Phi) is 10.2. The molecule has 2 amide bonds. The molecule has 208 valence electrons. The fourth-order valence-corrected chi connectivity index (χ4v) is 5.29. The molecule has 3 aromatic carbocycles. The number of hydrogen-bond donors (Lipinski definition) is 1. The zero-order valence-electron chi connectivity index (χ0n) is 22.9. The van der Waals surface area contributed by atoms with Crippen LogP contribution in [0.3, 0.4) is 0 Å². The van der Waals surface area contributed by atoms with Crippen LogP contribution in [-0.4, -0.2) is 50.5 Å². The molecule has 0 saturated heterocycles. The van der Waals surface area contributed by atoms with Gasteiger partial charge in [0.15, 0.2) is 0 Å². The number of benzene rings is 3. The highest BCUT2D eigenvalue weighted by molar-refractivity contribution is 7.92. The Morgan fingerprint density at radius 2 is 1.62 bits per heavy atom.